The molecule has 0 bridgehead atoms. The van der Waals surface area contributed by atoms with Crippen LogP contribution in [0.3, 0.4) is 0 Å². The highest BCUT2D eigenvalue weighted by Crippen LogP contribution is 2.48. The van der Waals surface area contributed by atoms with Crippen LogP contribution in [-0.2, 0) is 24.4 Å². The van der Waals surface area contributed by atoms with Gasteiger partial charge in [0.15, 0.2) is 5.76 Å². The van der Waals surface area contributed by atoms with Crippen LogP contribution in [0.1, 0.15) is 117 Å². The van der Waals surface area contributed by atoms with E-state index in [0.717, 1.165) is 24.1 Å². The first-order valence-electron chi connectivity index (χ1n) is 25.9. The van der Waals surface area contributed by atoms with Crippen LogP contribution >= 0.6 is 11.3 Å². The molecule has 3 aromatic heterocycles. The summed E-state index contributed by atoms with van der Waals surface area (Å²) in [5, 5.41) is 9.86. The fraction of sp³-hybridized carbons (Fsp3) is 0.473. The third-order valence-corrected chi connectivity index (χ3v) is 18.5. The van der Waals surface area contributed by atoms with Crippen molar-refractivity contribution in [3.63, 3.8) is 0 Å². The maximum atomic E-state index is 15.4. The number of allylic oxidation sites excluding steroid dienone is 1. The van der Waals surface area contributed by atoms with Gasteiger partial charge >= 0.3 is 0 Å². The standard InChI is InChI=1S/C55H64N8O10S2/c1-33(2)42-32-74-49(58-42)41-29-46(39-18-19-44(71-5)34(3)47(39)57-41)73-38-28-43-48(64)59-55(53(68)60-75(69,70)54(4)20-21-54)30-36(55)14-9-7-6-8-10-16-40(51(66)63(43)31-38)56-37-15-11-13-35(27-37)50(65)61-22-24-62(25-23-61)52(67)45-17-12-26-72-45/h9,11-15,17-19,26-27,29,32-33,36,38,40,43,56H,6-8,10,16,20-25,28,30-31H2,1-5H3,(H,59,64)(H,60,68)/t36-,38-,40+,43+,55-/m1/s1. The number of piperazine rings is 1. The van der Waals surface area contributed by atoms with E-state index in [2.05, 4.69) is 29.2 Å². The van der Waals surface area contributed by atoms with Gasteiger partial charge in [0.05, 0.1) is 35.9 Å². The molecule has 5 atom stereocenters. The number of pyridine rings is 1. The van der Waals surface area contributed by atoms with Crippen molar-refractivity contribution >= 4 is 67.5 Å². The molecule has 18 nitrogen and oxygen atoms in total. The number of fused-ring (bicyclic) bond motifs is 3. The topological polar surface area (TPSA) is 223 Å². The Hall–Kier alpha value is -6.80. The van der Waals surface area contributed by atoms with Crippen molar-refractivity contribution in [2.75, 3.05) is 45.2 Å². The van der Waals surface area contributed by atoms with Crippen LogP contribution in [-0.4, -0.2) is 131 Å². The molecule has 2 saturated heterocycles. The molecule has 20 heteroatoms. The Kier molecular flexibility index (Phi) is 14.3. The van der Waals surface area contributed by atoms with Crippen molar-refractivity contribution in [2.24, 2.45) is 5.92 Å². The van der Waals surface area contributed by atoms with E-state index in [-0.39, 0.29) is 48.8 Å². The molecule has 0 radical (unpaired) electrons. The summed E-state index contributed by atoms with van der Waals surface area (Å²) in [6.45, 7) is 9.02. The maximum absolute atomic E-state index is 15.4. The summed E-state index contributed by atoms with van der Waals surface area (Å²) in [4.78, 5) is 86.4. The summed E-state index contributed by atoms with van der Waals surface area (Å²) in [5.41, 5.74) is 2.35. The molecular weight excluding hydrogens is 997 g/mol. The van der Waals surface area contributed by atoms with Crippen LogP contribution < -0.4 is 24.8 Å². The number of nitrogens with one attached hydrogen (secondary N) is 3. The van der Waals surface area contributed by atoms with Gasteiger partial charge in [-0.05, 0) is 101 Å². The lowest BCUT2D eigenvalue weighted by Crippen LogP contribution is -2.58. The summed E-state index contributed by atoms with van der Waals surface area (Å²) in [6, 6.07) is 13.9. The van der Waals surface area contributed by atoms with Crippen molar-refractivity contribution in [3.05, 3.63) is 101 Å². The molecule has 4 fully saturated rings. The van der Waals surface area contributed by atoms with Crippen LogP contribution in [0.2, 0.25) is 0 Å². The molecule has 5 aromatic rings. The number of thiazole rings is 1. The molecule has 3 aliphatic heterocycles. The second-order valence-corrected chi connectivity index (χ2v) is 24.1. The Labute approximate surface area is 440 Å². The number of benzene rings is 2. The average Bonchev–Trinajstić information content (AvgIpc) is 4.02. The number of methoxy groups -OCH3 is 1. The normalized spacial score (nSPS) is 23.9. The molecule has 5 aliphatic rings. The number of nitrogens with zero attached hydrogens (tertiary/aromatic N) is 5. The molecule has 2 aliphatic carbocycles. The first kappa shape index (κ1) is 51.7. The second kappa shape index (κ2) is 20.7. The van der Waals surface area contributed by atoms with Gasteiger partial charge in [-0.2, -0.15) is 0 Å². The van der Waals surface area contributed by atoms with Crippen LogP contribution in [0.5, 0.6) is 11.5 Å². The molecule has 2 aromatic carbocycles. The molecule has 0 unspecified atom stereocenters. The Morgan fingerprint density at radius 3 is 2.43 bits per heavy atom. The number of sulfonamides is 1. The molecule has 396 valence electrons. The van der Waals surface area contributed by atoms with Crippen LogP contribution in [0, 0.1) is 12.8 Å². The first-order valence-corrected chi connectivity index (χ1v) is 28.3. The highest BCUT2D eigenvalue weighted by molar-refractivity contribution is 7.91. The number of hydrogen-bond donors (Lipinski definition) is 3. The number of aromatic nitrogens is 2. The number of rotatable bonds is 12. The summed E-state index contributed by atoms with van der Waals surface area (Å²) < 4.78 is 46.1. The fourth-order valence-corrected chi connectivity index (χ4v) is 12.6. The average molecular weight is 1060 g/mol. The van der Waals surface area contributed by atoms with Crippen molar-refractivity contribution in [1.82, 2.24) is 34.7 Å². The number of furan rings is 1. The molecule has 6 heterocycles. The molecule has 5 amide bonds. The minimum Gasteiger partial charge on any atom is -0.496 e. The lowest BCUT2D eigenvalue weighted by atomic mass is 10.0. The van der Waals surface area contributed by atoms with Crippen LogP contribution in [0.25, 0.3) is 21.6 Å². The first-order chi connectivity index (χ1) is 36.0. The summed E-state index contributed by atoms with van der Waals surface area (Å²) >= 11 is 1.48. The Bertz CT molecular complexity index is 3160. The second-order valence-electron chi connectivity index (χ2n) is 21.1. The van der Waals surface area contributed by atoms with E-state index in [1.807, 2.05) is 42.7 Å². The lowest BCUT2D eigenvalue weighted by molar-refractivity contribution is -0.140. The fourth-order valence-electron chi connectivity index (χ4n) is 10.4. The summed E-state index contributed by atoms with van der Waals surface area (Å²) in [6.07, 6.45) is 9.01. The predicted octanol–water partition coefficient (Wildman–Crippen LogP) is 7.21. The van der Waals surface area contributed by atoms with Crippen molar-refractivity contribution in [1.29, 1.82) is 0 Å². The van der Waals surface area contributed by atoms with Crippen LogP contribution in [0.4, 0.5) is 5.69 Å². The van der Waals surface area contributed by atoms with Gasteiger partial charge in [-0.3, -0.25) is 28.7 Å². The third-order valence-electron chi connectivity index (χ3n) is 15.5. The Morgan fingerprint density at radius 2 is 1.72 bits per heavy atom. The van der Waals surface area contributed by atoms with Crippen molar-refractivity contribution < 1.29 is 46.3 Å². The molecule has 3 N–H and O–H groups in total. The van der Waals surface area contributed by atoms with Gasteiger partial charge in [0.2, 0.25) is 21.8 Å². The number of amides is 5. The number of aryl methyl sites for hydroxylation is 1. The maximum Gasteiger partial charge on any atom is 0.289 e. The van der Waals surface area contributed by atoms with Gasteiger partial charge in [0, 0.05) is 72.2 Å². The zero-order chi connectivity index (χ0) is 52.8. The van der Waals surface area contributed by atoms with E-state index in [9.17, 15) is 22.8 Å². The summed E-state index contributed by atoms with van der Waals surface area (Å²) in [5.74, 6) is -1.12. The minimum absolute atomic E-state index is 0.000323. The molecular formula is C55H64N8O10S2. The van der Waals surface area contributed by atoms with E-state index in [1.54, 1.807) is 60.2 Å². The van der Waals surface area contributed by atoms with E-state index in [0.29, 0.717) is 103 Å². The molecule has 0 spiro atoms. The number of hydrogen-bond acceptors (Lipinski definition) is 14. The third kappa shape index (κ3) is 10.5. The van der Waals surface area contributed by atoms with Gasteiger partial charge in [-0.15, -0.1) is 11.3 Å². The number of carbonyl (C=O) groups excluding carboxylic acids is 5. The number of ether oxygens (including phenoxy) is 2. The Morgan fingerprint density at radius 1 is 0.947 bits per heavy atom. The Balaban J connectivity index is 0.953. The smallest absolute Gasteiger partial charge is 0.289 e. The summed E-state index contributed by atoms with van der Waals surface area (Å²) in [7, 11) is -2.44. The van der Waals surface area contributed by atoms with Gasteiger partial charge in [0.1, 0.15) is 45.9 Å². The largest absolute Gasteiger partial charge is 0.496 e. The predicted molar refractivity (Wildman–Crippen MR) is 283 cm³/mol. The number of carbonyl (C=O) groups is 5. The zero-order valence-electron chi connectivity index (χ0n) is 42.9. The van der Waals surface area contributed by atoms with Crippen molar-refractivity contribution in [3.8, 4) is 22.2 Å². The zero-order valence-corrected chi connectivity index (χ0v) is 44.6. The van der Waals surface area contributed by atoms with E-state index >= 15 is 9.59 Å². The molecule has 75 heavy (non-hydrogen) atoms. The molecule has 10 rings (SSSR count). The van der Waals surface area contributed by atoms with Crippen molar-refractivity contribution in [2.45, 2.75) is 120 Å². The van der Waals surface area contributed by atoms with E-state index in [1.165, 1.54) is 22.5 Å². The SMILES string of the molecule is COc1ccc2c(O[C@@H]3C[C@H]4C(=O)N[C@]5(C(=O)NS(=O)(=O)C6(C)CC6)C[C@H]5C=CCCCCC[C@H](Nc5cccc(C(=O)N6CCN(C(=O)c7ccco7)CC6)c5)C(=O)N4C3)cc(-c3nc(C(C)C)cs3)nc2c1C. The lowest BCUT2D eigenvalue weighted by Gasteiger charge is -2.34. The van der Waals surface area contributed by atoms with Gasteiger partial charge in [-0.1, -0.05) is 44.9 Å². The van der Waals surface area contributed by atoms with E-state index < -0.39 is 56.2 Å². The molecule has 2 saturated carbocycles. The quantitative estimate of drug-likeness (QED) is 0.105. The van der Waals surface area contributed by atoms with Crippen LogP contribution in [0.15, 0.2) is 82.8 Å². The van der Waals surface area contributed by atoms with Gasteiger partial charge < -0.3 is 39.2 Å². The number of anilines is 1. The minimum atomic E-state index is -4.04. The van der Waals surface area contributed by atoms with Gasteiger partial charge in [0.25, 0.3) is 17.7 Å². The highest BCUT2D eigenvalue weighted by atomic mass is 32.2. The monoisotopic (exact) mass is 1060 g/mol. The van der Waals surface area contributed by atoms with E-state index in [4.69, 9.17) is 23.9 Å². The van der Waals surface area contributed by atoms with Gasteiger partial charge in [-0.25, -0.2) is 18.4 Å². The highest BCUT2D eigenvalue weighted by Gasteiger charge is 2.63.